The van der Waals surface area contributed by atoms with Crippen LogP contribution in [0.3, 0.4) is 0 Å². The second-order valence-corrected chi connectivity index (χ2v) is 7.90. The number of rotatable bonds is 5. The Morgan fingerprint density at radius 2 is 2.26 bits per heavy atom. The zero-order valence-corrected chi connectivity index (χ0v) is 14.4. The van der Waals surface area contributed by atoms with Crippen molar-refractivity contribution in [2.45, 2.75) is 37.6 Å². The molecule has 126 valence electrons. The zero-order valence-electron chi connectivity index (χ0n) is 13.6. The van der Waals surface area contributed by atoms with Crippen LogP contribution >= 0.6 is 0 Å². The first-order chi connectivity index (χ1) is 10.8. The molecule has 1 aromatic carbocycles. The minimum atomic E-state index is -3.79. The van der Waals surface area contributed by atoms with Gasteiger partial charge in [0, 0.05) is 19.1 Å². The third kappa shape index (κ3) is 4.67. The van der Waals surface area contributed by atoms with Gasteiger partial charge in [-0.1, -0.05) is 6.92 Å². The van der Waals surface area contributed by atoms with Gasteiger partial charge in [-0.25, -0.2) is 13.6 Å². The van der Waals surface area contributed by atoms with E-state index < -0.39 is 10.0 Å². The van der Waals surface area contributed by atoms with Gasteiger partial charge in [0.25, 0.3) is 0 Å². The molecule has 0 saturated carbocycles. The topological polar surface area (TPSA) is 99.2 Å². The molecule has 6 nitrogen and oxygen atoms in total. The highest BCUT2D eigenvalue weighted by atomic mass is 32.2. The summed E-state index contributed by atoms with van der Waals surface area (Å²) < 4.78 is 22.7. The van der Waals surface area contributed by atoms with Crippen LogP contribution in [0.4, 0.5) is 5.69 Å². The molecule has 3 N–H and O–H groups in total. The first kappa shape index (κ1) is 17.7. The van der Waals surface area contributed by atoms with Gasteiger partial charge in [0.2, 0.25) is 10.0 Å². The first-order valence-electron chi connectivity index (χ1n) is 7.86. The van der Waals surface area contributed by atoms with E-state index in [1.165, 1.54) is 25.0 Å². The summed E-state index contributed by atoms with van der Waals surface area (Å²) in [6.45, 7) is 7.33. The number of hydrogen-bond donors (Lipinski definition) is 2. The molecule has 1 heterocycles. The Bertz CT molecular complexity index is 697. The number of likely N-dealkylation sites (tertiary alicyclic amines) is 1. The third-order valence-corrected chi connectivity index (χ3v) is 5.25. The number of benzene rings is 1. The van der Waals surface area contributed by atoms with Gasteiger partial charge in [0.05, 0.1) is 16.1 Å². The molecule has 0 amide bonds. The molecule has 1 aromatic rings. The lowest BCUT2D eigenvalue weighted by Crippen LogP contribution is -2.43. The van der Waals surface area contributed by atoms with Gasteiger partial charge < -0.3 is 5.32 Å². The summed E-state index contributed by atoms with van der Waals surface area (Å²) in [6, 6.07) is 6.71. The van der Waals surface area contributed by atoms with Gasteiger partial charge in [-0.3, -0.25) is 4.90 Å². The maximum Gasteiger partial charge on any atom is 0.238 e. The molecule has 0 bridgehead atoms. The van der Waals surface area contributed by atoms with Crippen molar-refractivity contribution in [1.29, 1.82) is 5.26 Å². The molecule has 1 fully saturated rings. The molecule has 0 spiro atoms. The molecule has 7 heteroatoms. The van der Waals surface area contributed by atoms with E-state index >= 15 is 0 Å². The molecule has 1 saturated heterocycles. The zero-order chi connectivity index (χ0) is 17.0. The maximum atomic E-state index is 11.4. The van der Waals surface area contributed by atoms with Gasteiger partial charge in [0.1, 0.15) is 6.07 Å². The summed E-state index contributed by atoms with van der Waals surface area (Å²) >= 11 is 0. The highest BCUT2D eigenvalue weighted by Gasteiger charge is 2.21. The Morgan fingerprint density at radius 1 is 1.52 bits per heavy atom. The average Bonchev–Trinajstić information content (AvgIpc) is 2.51. The van der Waals surface area contributed by atoms with Crippen LogP contribution in [0, 0.1) is 17.2 Å². The molecular formula is C16H24N4O2S. The Kier molecular flexibility index (Phi) is 5.63. The third-order valence-electron chi connectivity index (χ3n) is 4.34. The fourth-order valence-corrected chi connectivity index (χ4v) is 3.50. The van der Waals surface area contributed by atoms with Gasteiger partial charge in [-0.05, 0) is 50.4 Å². The van der Waals surface area contributed by atoms with Crippen molar-refractivity contribution in [2.75, 3.05) is 25.0 Å². The smallest absolute Gasteiger partial charge is 0.238 e. The quantitative estimate of drug-likeness (QED) is 0.853. The number of sulfonamides is 1. The van der Waals surface area contributed by atoms with E-state index in [0.29, 0.717) is 18.3 Å². The molecule has 23 heavy (non-hydrogen) atoms. The van der Waals surface area contributed by atoms with Crippen LogP contribution in [-0.2, 0) is 10.0 Å². The molecule has 2 atom stereocenters. The van der Waals surface area contributed by atoms with Crippen molar-refractivity contribution in [3.05, 3.63) is 23.8 Å². The summed E-state index contributed by atoms with van der Waals surface area (Å²) in [5.74, 6) is 0.718. The first-order valence-corrected chi connectivity index (χ1v) is 9.40. The standard InChI is InChI=1S/C16H24N4O2S/c1-12-4-3-7-20(11-12)13(2)10-19-16-6-5-15(23(18,21)22)8-14(16)9-17/h5-6,8,12-13,19H,3-4,7,10-11H2,1-2H3,(H2,18,21,22). The number of nitrogens with one attached hydrogen (secondary N) is 1. The van der Waals surface area contributed by atoms with Crippen LogP contribution < -0.4 is 10.5 Å². The minimum Gasteiger partial charge on any atom is -0.382 e. The van der Waals surface area contributed by atoms with Crippen LogP contribution in [0.25, 0.3) is 0 Å². The number of nitrogens with zero attached hydrogens (tertiary/aromatic N) is 2. The fraction of sp³-hybridized carbons (Fsp3) is 0.562. The van der Waals surface area contributed by atoms with Gasteiger partial charge >= 0.3 is 0 Å². The lowest BCUT2D eigenvalue weighted by Gasteiger charge is -2.35. The number of nitriles is 1. The predicted octanol–water partition coefficient (Wildman–Crippen LogP) is 1.74. The second kappa shape index (κ2) is 7.30. The predicted molar refractivity (Wildman–Crippen MR) is 90.5 cm³/mol. The minimum absolute atomic E-state index is 0.0440. The molecule has 0 aliphatic carbocycles. The maximum absolute atomic E-state index is 11.4. The molecule has 1 aliphatic rings. The summed E-state index contributed by atoms with van der Waals surface area (Å²) in [5, 5.41) is 17.6. The Hall–Kier alpha value is -1.62. The summed E-state index contributed by atoms with van der Waals surface area (Å²) in [4.78, 5) is 2.41. The van der Waals surface area contributed by atoms with E-state index in [9.17, 15) is 13.7 Å². The molecule has 0 aromatic heterocycles. The molecular weight excluding hydrogens is 312 g/mol. The Labute approximate surface area is 138 Å². The number of hydrogen-bond acceptors (Lipinski definition) is 5. The average molecular weight is 336 g/mol. The van der Waals surface area contributed by atoms with Crippen molar-refractivity contribution < 1.29 is 8.42 Å². The summed E-state index contributed by atoms with van der Waals surface area (Å²) in [7, 11) is -3.79. The van der Waals surface area contributed by atoms with E-state index in [-0.39, 0.29) is 10.5 Å². The van der Waals surface area contributed by atoms with Crippen molar-refractivity contribution in [3.63, 3.8) is 0 Å². The van der Waals surface area contributed by atoms with Crippen molar-refractivity contribution in [1.82, 2.24) is 4.90 Å². The molecule has 2 unspecified atom stereocenters. The van der Waals surface area contributed by atoms with Crippen molar-refractivity contribution >= 4 is 15.7 Å². The largest absolute Gasteiger partial charge is 0.382 e. The van der Waals surface area contributed by atoms with Crippen molar-refractivity contribution in [2.24, 2.45) is 11.1 Å². The fourth-order valence-electron chi connectivity index (χ4n) is 2.96. The monoisotopic (exact) mass is 336 g/mol. The van der Waals surface area contributed by atoms with E-state index in [4.69, 9.17) is 5.14 Å². The van der Waals surface area contributed by atoms with Crippen LogP contribution in [0.2, 0.25) is 0 Å². The van der Waals surface area contributed by atoms with Crippen molar-refractivity contribution in [3.8, 4) is 6.07 Å². The lowest BCUT2D eigenvalue weighted by atomic mass is 9.99. The molecule has 2 rings (SSSR count). The van der Waals surface area contributed by atoms with Crippen LogP contribution in [-0.4, -0.2) is 39.0 Å². The summed E-state index contributed by atoms with van der Waals surface area (Å²) in [5.41, 5.74) is 0.924. The lowest BCUT2D eigenvalue weighted by molar-refractivity contribution is 0.144. The van der Waals surface area contributed by atoms with Gasteiger partial charge in [0.15, 0.2) is 0 Å². The van der Waals surface area contributed by atoms with Crippen LogP contribution in [0.15, 0.2) is 23.1 Å². The normalized spacial score (nSPS) is 20.7. The number of primary sulfonamides is 1. The number of nitrogens with two attached hydrogens (primary N) is 1. The number of anilines is 1. The van der Waals surface area contributed by atoms with E-state index in [1.54, 1.807) is 6.07 Å². The highest BCUT2D eigenvalue weighted by Crippen LogP contribution is 2.21. The SMILES string of the molecule is CC1CCCN(C(C)CNc2ccc(S(N)(=O)=O)cc2C#N)C1. The van der Waals surface area contributed by atoms with E-state index in [0.717, 1.165) is 19.0 Å². The Morgan fingerprint density at radius 3 is 2.87 bits per heavy atom. The number of piperidine rings is 1. The Balaban J connectivity index is 2.04. The van der Waals surface area contributed by atoms with E-state index in [2.05, 4.69) is 24.1 Å². The van der Waals surface area contributed by atoms with Gasteiger partial charge in [-0.15, -0.1) is 0 Å². The molecule has 0 radical (unpaired) electrons. The second-order valence-electron chi connectivity index (χ2n) is 6.34. The highest BCUT2D eigenvalue weighted by molar-refractivity contribution is 7.89. The summed E-state index contributed by atoms with van der Waals surface area (Å²) in [6.07, 6.45) is 2.50. The molecule has 1 aliphatic heterocycles. The van der Waals surface area contributed by atoms with Crippen LogP contribution in [0.5, 0.6) is 0 Å². The van der Waals surface area contributed by atoms with Gasteiger partial charge in [-0.2, -0.15) is 5.26 Å². The van der Waals surface area contributed by atoms with Crippen LogP contribution in [0.1, 0.15) is 32.3 Å². The van der Waals surface area contributed by atoms with E-state index in [1.807, 2.05) is 6.07 Å².